The van der Waals surface area contributed by atoms with Gasteiger partial charge in [0.15, 0.2) is 17.5 Å². The van der Waals surface area contributed by atoms with Crippen LogP contribution in [0.2, 0.25) is 0 Å². The lowest BCUT2D eigenvalue weighted by Crippen LogP contribution is -2.01. The van der Waals surface area contributed by atoms with E-state index in [1.165, 1.54) is 27.1 Å². The molecule has 10 aromatic rings. The summed E-state index contributed by atoms with van der Waals surface area (Å²) in [7, 11) is 0. The molecule has 0 saturated carbocycles. The minimum atomic E-state index is 0.577. The van der Waals surface area contributed by atoms with E-state index >= 15 is 0 Å². The monoisotopic (exact) mass is 640 g/mol. The highest BCUT2D eigenvalue weighted by atomic mass is 15.1. The topological polar surface area (TPSA) is 61.4 Å². The van der Waals surface area contributed by atoms with Gasteiger partial charge in [0.2, 0.25) is 0 Å². The van der Waals surface area contributed by atoms with Gasteiger partial charge < -0.3 is 4.57 Å². The van der Waals surface area contributed by atoms with Crippen LogP contribution in [-0.4, -0.2) is 29.1 Å². The molecular weight excluding hydrogens is 613 g/mol. The van der Waals surface area contributed by atoms with Crippen LogP contribution in [0.3, 0.4) is 0 Å². The van der Waals surface area contributed by atoms with Crippen LogP contribution in [0.15, 0.2) is 170 Å². The molecule has 6 nitrogen and oxygen atoms in total. The summed E-state index contributed by atoms with van der Waals surface area (Å²) in [6.07, 6.45) is 1.87. The predicted molar refractivity (Wildman–Crippen MR) is 203 cm³/mol. The van der Waals surface area contributed by atoms with Crippen LogP contribution in [0.1, 0.15) is 0 Å². The number of hydrogen-bond acceptors (Lipinski definition) is 4. The molecule has 234 valence electrons. The maximum absolute atomic E-state index is 5.06. The Morgan fingerprint density at radius 1 is 0.340 bits per heavy atom. The number of fused-ring (bicyclic) bond motifs is 6. The van der Waals surface area contributed by atoms with Crippen molar-refractivity contribution in [1.82, 2.24) is 29.1 Å². The van der Waals surface area contributed by atoms with Gasteiger partial charge in [0.05, 0.1) is 22.1 Å². The van der Waals surface area contributed by atoms with Crippen LogP contribution in [0.4, 0.5) is 0 Å². The Morgan fingerprint density at radius 3 is 1.38 bits per heavy atom. The van der Waals surface area contributed by atoms with E-state index in [0.29, 0.717) is 17.5 Å². The molecule has 0 aliphatic rings. The Kier molecular flexibility index (Phi) is 6.39. The van der Waals surface area contributed by atoms with E-state index in [4.69, 9.17) is 19.9 Å². The van der Waals surface area contributed by atoms with Crippen molar-refractivity contribution in [3.05, 3.63) is 170 Å². The molecule has 0 unspecified atom stereocenters. The van der Waals surface area contributed by atoms with Gasteiger partial charge in [-0.15, -0.1) is 0 Å². The number of benzene rings is 6. The number of para-hydroxylation sites is 3. The summed E-state index contributed by atoms with van der Waals surface area (Å²) >= 11 is 0. The van der Waals surface area contributed by atoms with Crippen molar-refractivity contribution < 1.29 is 0 Å². The Balaban J connectivity index is 1.17. The molecule has 0 aliphatic heterocycles. The van der Waals surface area contributed by atoms with Gasteiger partial charge >= 0.3 is 0 Å². The molecule has 50 heavy (non-hydrogen) atoms. The number of aromatic nitrogens is 6. The van der Waals surface area contributed by atoms with Gasteiger partial charge in [-0.1, -0.05) is 115 Å². The number of hydrogen-bond donors (Lipinski definition) is 0. The van der Waals surface area contributed by atoms with Crippen LogP contribution in [-0.2, 0) is 0 Å². The molecular formula is C44H28N6. The van der Waals surface area contributed by atoms with Crippen LogP contribution in [0.5, 0.6) is 0 Å². The molecule has 0 fully saturated rings. The van der Waals surface area contributed by atoms with Gasteiger partial charge in [-0.3, -0.25) is 4.57 Å². The zero-order valence-electron chi connectivity index (χ0n) is 26.8. The third-order valence-electron chi connectivity index (χ3n) is 9.42. The van der Waals surface area contributed by atoms with E-state index in [9.17, 15) is 0 Å². The molecule has 10 rings (SSSR count). The average Bonchev–Trinajstić information content (AvgIpc) is 3.70. The van der Waals surface area contributed by atoms with Gasteiger partial charge in [-0.25, -0.2) is 19.9 Å². The fraction of sp³-hybridized carbons (Fsp3) is 0. The maximum atomic E-state index is 5.06. The molecule has 0 atom stereocenters. The van der Waals surface area contributed by atoms with Crippen molar-refractivity contribution in [2.75, 3.05) is 0 Å². The fourth-order valence-corrected chi connectivity index (χ4v) is 7.12. The first-order valence-electron chi connectivity index (χ1n) is 16.7. The Morgan fingerprint density at radius 2 is 0.820 bits per heavy atom. The van der Waals surface area contributed by atoms with Crippen LogP contribution >= 0.6 is 0 Å². The molecule has 0 N–H and O–H groups in total. The van der Waals surface area contributed by atoms with Crippen molar-refractivity contribution in [3.8, 4) is 45.7 Å². The zero-order chi connectivity index (χ0) is 33.0. The Bertz CT molecular complexity index is 2780. The number of pyridine rings is 1. The summed E-state index contributed by atoms with van der Waals surface area (Å²) in [6, 6.07) is 56.6. The average molecular weight is 641 g/mol. The quantitative estimate of drug-likeness (QED) is 0.188. The molecule has 0 saturated heterocycles. The molecule has 6 aromatic carbocycles. The van der Waals surface area contributed by atoms with Gasteiger partial charge in [0, 0.05) is 50.1 Å². The third-order valence-corrected chi connectivity index (χ3v) is 9.42. The number of nitrogens with zero attached hydrogens (tertiary/aromatic N) is 6. The standard InChI is InChI=1S/C44H28N6/c1-4-14-29(15-5-1)42-46-43(30-16-6-2-7-17-30)48-44(47-42)31-24-25-41(45-28-31)50-38-23-13-11-21-34(38)36-26-35-33-20-10-12-22-37(33)49(39(35)27-40(36)50)32-18-8-3-9-19-32/h1-28H. The highest BCUT2D eigenvalue weighted by Gasteiger charge is 2.19. The van der Waals surface area contributed by atoms with Crippen LogP contribution in [0, 0.1) is 0 Å². The van der Waals surface area contributed by atoms with Gasteiger partial charge in [-0.2, -0.15) is 0 Å². The molecule has 6 heteroatoms. The van der Waals surface area contributed by atoms with Gasteiger partial charge in [-0.05, 0) is 48.5 Å². The smallest absolute Gasteiger partial charge is 0.165 e. The van der Waals surface area contributed by atoms with Crippen molar-refractivity contribution in [2.24, 2.45) is 0 Å². The molecule has 4 aromatic heterocycles. The molecule has 0 aliphatic carbocycles. The van der Waals surface area contributed by atoms with E-state index in [1.54, 1.807) is 0 Å². The lowest BCUT2D eigenvalue weighted by Gasteiger charge is -2.11. The van der Waals surface area contributed by atoms with Crippen molar-refractivity contribution in [3.63, 3.8) is 0 Å². The van der Waals surface area contributed by atoms with Crippen molar-refractivity contribution in [1.29, 1.82) is 0 Å². The van der Waals surface area contributed by atoms with E-state index in [0.717, 1.165) is 44.7 Å². The molecule has 0 radical (unpaired) electrons. The van der Waals surface area contributed by atoms with E-state index in [1.807, 2.05) is 66.9 Å². The summed E-state index contributed by atoms with van der Waals surface area (Å²) in [5.74, 6) is 2.65. The van der Waals surface area contributed by atoms with Crippen molar-refractivity contribution in [2.45, 2.75) is 0 Å². The first-order chi connectivity index (χ1) is 24.8. The van der Waals surface area contributed by atoms with Crippen LogP contribution < -0.4 is 0 Å². The minimum absolute atomic E-state index is 0.577. The first-order valence-corrected chi connectivity index (χ1v) is 16.7. The SMILES string of the molecule is c1ccc(-c2nc(-c3ccccc3)nc(-c3ccc(-n4c5ccccc5c5cc6c7ccccc7n(-c7ccccc7)c6cc54)nc3)n2)cc1. The predicted octanol–water partition coefficient (Wildman–Crippen LogP) is 10.5. The summed E-state index contributed by atoms with van der Waals surface area (Å²) in [5, 5.41) is 4.83. The summed E-state index contributed by atoms with van der Waals surface area (Å²) in [5.41, 5.74) is 8.34. The van der Waals surface area contributed by atoms with Gasteiger partial charge in [0.1, 0.15) is 5.82 Å². The first kappa shape index (κ1) is 28.1. The molecule has 0 amide bonds. The Hall–Kier alpha value is -6.92. The minimum Gasteiger partial charge on any atom is -0.309 e. The largest absolute Gasteiger partial charge is 0.309 e. The summed E-state index contributed by atoms with van der Waals surface area (Å²) in [6.45, 7) is 0. The third kappa shape index (κ3) is 4.50. The van der Waals surface area contributed by atoms with E-state index < -0.39 is 0 Å². The van der Waals surface area contributed by atoms with Gasteiger partial charge in [0.25, 0.3) is 0 Å². The molecule has 0 spiro atoms. The number of rotatable bonds is 5. The summed E-state index contributed by atoms with van der Waals surface area (Å²) in [4.78, 5) is 19.7. The van der Waals surface area contributed by atoms with Crippen LogP contribution in [0.25, 0.3) is 89.3 Å². The second-order valence-electron chi connectivity index (χ2n) is 12.4. The van der Waals surface area contributed by atoms with Crippen molar-refractivity contribution >= 4 is 43.6 Å². The summed E-state index contributed by atoms with van der Waals surface area (Å²) < 4.78 is 4.62. The molecule has 4 heterocycles. The maximum Gasteiger partial charge on any atom is 0.165 e. The second kappa shape index (κ2) is 11.4. The van der Waals surface area contributed by atoms with E-state index in [-0.39, 0.29) is 0 Å². The second-order valence-corrected chi connectivity index (χ2v) is 12.4. The highest BCUT2D eigenvalue weighted by molar-refractivity contribution is 6.19. The zero-order valence-corrected chi connectivity index (χ0v) is 26.8. The fourth-order valence-electron chi connectivity index (χ4n) is 7.12. The molecule has 0 bridgehead atoms. The lowest BCUT2D eigenvalue weighted by atomic mass is 10.1. The highest BCUT2D eigenvalue weighted by Crippen LogP contribution is 2.39. The van der Waals surface area contributed by atoms with E-state index in [2.05, 4.69) is 112 Å². The Labute approximate surface area is 287 Å². The lowest BCUT2D eigenvalue weighted by molar-refractivity contribution is 1.05. The normalized spacial score (nSPS) is 11.6.